The van der Waals surface area contributed by atoms with E-state index in [0.717, 1.165) is 0 Å². The maximum atomic E-state index is 13.2. The standard InChI is InChI=1S/C13H14FN3O2/c14-11-4-1-2-5-12(11)19-10-13(18)15-7-9-17-8-3-6-16-17/h1-6,8H,7,9-10H2,(H,15,18). The van der Waals surface area contributed by atoms with E-state index in [1.807, 2.05) is 12.3 Å². The Kier molecular flexibility index (Phi) is 4.49. The number of nitrogens with one attached hydrogen (secondary N) is 1. The van der Waals surface area contributed by atoms with E-state index in [0.29, 0.717) is 13.1 Å². The molecule has 1 aromatic heterocycles. The van der Waals surface area contributed by atoms with Crippen LogP contribution in [0.1, 0.15) is 0 Å². The highest BCUT2D eigenvalue weighted by molar-refractivity contribution is 5.77. The first-order valence-electron chi connectivity index (χ1n) is 5.87. The molecule has 0 aliphatic heterocycles. The quantitative estimate of drug-likeness (QED) is 0.852. The van der Waals surface area contributed by atoms with Crippen LogP contribution >= 0.6 is 0 Å². The van der Waals surface area contributed by atoms with E-state index >= 15 is 0 Å². The highest BCUT2D eigenvalue weighted by Gasteiger charge is 2.05. The molecule has 0 bridgehead atoms. The minimum absolute atomic E-state index is 0.0738. The van der Waals surface area contributed by atoms with E-state index in [-0.39, 0.29) is 18.3 Å². The first-order valence-corrected chi connectivity index (χ1v) is 5.87. The van der Waals surface area contributed by atoms with Gasteiger partial charge in [0, 0.05) is 18.9 Å². The molecule has 100 valence electrons. The van der Waals surface area contributed by atoms with Crippen LogP contribution in [0, 0.1) is 5.82 Å². The Morgan fingerprint density at radius 1 is 1.37 bits per heavy atom. The van der Waals surface area contributed by atoms with Gasteiger partial charge in [-0.15, -0.1) is 0 Å². The van der Waals surface area contributed by atoms with Crippen molar-refractivity contribution in [2.75, 3.05) is 13.2 Å². The summed E-state index contributed by atoms with van der Waals surface area (Å²) in [6.07, 6.45) is 3.48. The molecular formula is C13H14FN3O2. The lowest BCUT2D eigenvalue weighted by atomic mass is 10.3. The van der Waals surface area contributed by atoms with Crippen LogP contribution < -0.4 is 10.1 Å². The molecule has 0 radical (unpaired) electrons. The van der Waals surface area contributed by atoms with Crippen molar-refractivity contribution in [3.05, 3.63) is 48.5 Å². The number of benzene rings is 1. The van der Waals surface area contributed by atoms with Crippen LogP contribution in [0.5, 0.6) is 5.75 Å². The van der Waals surface area contributed by atoms with Crippen molar-refractivity contribution in [1.29, 1.82) is 0 Å². The van der Waals surface area contributed by atoms with Crippen molar-refractivity contribution in [2.24, 2.45) is 0 Å². The molecule has 6 heteroatoms. The van der Waals surface area contributed by atoms with Gasteiger partial charge in [0.25, 0.3) is 5.91 Å². The summed E-state index contributed by atoms with van der Waals surface area (Å²) < 4.78 is 20.0. The van der Waals surface area contributed by atoms with Gasteiger partial charge >= 0.3 is 0 Å². The minimum Gasteiger partial charge on any atom is -0.481 e. The number of para-hydroxylation sites is 1. The van der Waals surface area contributed by atoms with Crippen LogP contribution in [0.3, 0.4) is 0 Å². The predicted molar refractivity (Wildman–Crippen MR) is 67.1 cm³/mol. The summed E-state index contributed by atoms with van der Waals surface area (Å²) in [4.78, 5) is 11.5. The molecule has 0 saturated heterocycles. The number of carbonyl (C=O) groups excluding carboxylic acids is 1. The van der Waals surface area contributed by atoms with E-state index in [4.69, 9.17) is 4.74 Å². The van der Waals surface area contributed by atoms with Crippen molar-refractivity contribution in [2.45, 2.75) is 6.54 Å². The third kappa shape index (κ3) is 4.09. The summed E-state index contributed by atoms with van der Waals surface area (Å²) in [7, 11) is 0. The maximum absolute atomic E-state index is 13.2. The second kappa shape index (κ2) is 6.53. The Hall–Kier alpha value is -2.37. The van der Waals surface area contributed by atoms with Crippen molar-refractivity contribution in [3.63, 3.8) is 0 Å². The fourth-order valence-corrected chi connectivity index (χ4v) is 1.50. The number of aromatic nitrogens is 2. The van der Waals surface area contributed by atoms with Gasteiger partial charge in [0.1, 0.15) is 0 Å². The summed E-state index contributed by atoms with van der Waals surface area (Å²) in [5.74, 6) is -0.702. The number of nitrogens with zero attached hydrogens (tertiary/aromatic N) is 2. The molecule has 5 nitrogen and oxygen atoms in total. The number of ether oxygens (including phenoxy) is 1. The molecule has 0 aliphatic rings. The molecule has 1 aromatic carbocycles. The molecule has 1 N–H and O–H groups in total. The minimum atomic E-state index is -0.480. The molecule has 2 rings (SSSR count). The fourth-order valence-electron chi connectivity index (χ4n) is 1.50. The normalized spacial score (nSPS) is 10.2. The zero-order valence-electron chi connectivity index (χ0n) is 10.3. The van der Waals surface area contributed by atoms with Crippen LogP contribution in [-0.4, -0.2) is 28.8 Å². The van der Waals surface area contributed by atoms with Crippen LogP contribution in [0.15, 0.2) is 42.7 Å². The highest BCUT2D eigenvalue weighted by Crippen LogP contribution is 2.14. The van der Waals surface area contributed by atoms with E-state index < -0.39 is 5.82 Å². The number of hydrogen-bond donors (Lipinski definition) is 1. The third-order valence-electron chi connectivity index (χ3n) is 2.42. The van der Waals surface area contributed by atoms with Gasteiger partial charge in [0.05, 0.1) is 6.54 Å². The van der Waals surface area contributed by atoms with E-state index in [9.17, 15) is 9.18 Å². The van der Waals surface area contributed by atoms with Gasteiger partial charge in [-0.05, 0) is 18.2 Å². The SMILES string of the molecule is O=C(COc1ccccc1F)NCCn1cccn1. The lowest BCUT2D eigenvalue weighted by Gasteiger charge is -2.08. The molecule has 0 aliphatic carbocycles. The first-order chi connectivity index (χ1) is 9.25. The number of halogens is 1. The molecule has 0 atom stereocenters. The largest absolute Gasteiger partial charge is 0.481 e. The van der Waals surface area contributed by atoms with Gasteiger partial charge in [-0.25, -0.2) is 4.39 Å². The van der Waals surface area contributed by atoms with Gasteiger partial charge in [-0.2, -0.15) is 5.10 Å². The van der Waals surface area contributed by atoms with Gasteiger partial charge in [-0.1, -0.05) is 12.1 Å². The number of rotatable bonds is 6. The van der Waals surface area contributed by atoms with Crippen molar-refractivity contribution in [3.8, 4) is 5.75 Å². The Bertz CT molecular complexity index is 528. The molecule has 0 fully saturated rings. The molecule has 0 spiro atoms. The van der Waals surface area contributed by atoms with E-state index in [1.165, 1.54) is 12.1 Å². The summed E-state index contributed by atoms with van der Waals surface area (Å²) in [5.41, 5.74) is 0. The molecule has 0 unspecified atom stereocenters. The third-order valence-corrected chi connectivity index (χ3v) is 2.42. The number of carbonyl (C=O) groups is 1. The van der Waals surface area contributed by atoms with Gasteiger partial charge in [0.15, 0.2) is 18.2 Å². The Morgan fingerprint density at radius 3 is 2.95 bits per heavy atom. The Morgan fingerprint density at radius 2 is 2.21 bits per heavy atom. The van der Waals surface area contributed by atoms with Crippen LogP contribution in [-0.2, 0) is 11.3 Å². The smallest absolute Gasteiger partial charge is 0.258 e. The molecule has 1 amide bonds. The summed E-state index contributed by atoms with van der Waals surface area (Å²) in [6, 6.07) is 7.78. The second-order valence-corrected chi connectivity index (χ2v) is 3.84. The van der Waals surface area contributed by atoms with Crippen LogP contribution in [0.4, 0.5) is 4.39 Å². The summed E-state index contributed by atoms with van der Waals surface area (Å²) in [5, 5.41) is 6.67. The molecular weight excluding hydrogens is 249 g/mol. The Labute approximate surface area is 110 Å². The molecule has 1 heterocycles. The lowest BCUT2D eigenvalue weighted by Crippen LogP contribution is -2.31. The topological polar surface area (TPSA) is 56.1 Å². The molecule has 2 aromatic rings. The molecule has 0 saturated carbocycles. The predicted octanol–water partition coefficient (Wildman–Crippen LogP) is 1.22. The van der Waals surface area contributed by atoms with Crippen molar-refractivity contribution < 1.29 is 13.9 Å². The number of amides is 1. The van der Waals surface area contributed by atoms with E-state index in [1.54, 1.807) is 23.0 Å². The second-order valence-electron chi connectivity index (χ2n) is 3.84. The molecule has 19 heavy (non-hydrogen) atoms. The fraction of sp³-hybridized carbons (Fsp3) is 0.231. The monoisotopic (exact) mass is 263 g/mol. The summed E-state index contributed by atoms with van der Waals surface area (Å²) >= 11 is 0. The zero-order chi connectivity index (χ0) is 13.5. The summed E-state index contributed by atoms with van der Waals surface area (Å²) in [6.45, 7) is 0.819. The average molecular weight is 263 g/mol. The van der Waals surface area contributed by atoms with Crippen LogP contribution in [0.2, 0.25) is 0 Å². The zero-order valence-corrected chi connectivity index (χ0v) is 10.3. The Balaban J connectivity index is 1.69. The van der Waals surface area contributed by atoms with Crippen molar-refractivity contribution >= 4 is 5.91 Å². The van der Waals surface area contributed by atoms with Gasteiger partial charge < -0.3 is 10.1 Å². The van der Waals surface area contributed by atoms with Crippen LogP contribution in [0.25, 0.3) is 0 Å². The first kappa shape index (κ1) is 13.1. The average Bonchev–Trinajstić information content (AvgIpc) is 2.91. The van der Waals surface area contributed by atoms with Gasteiger partial charge in [-0.3, -0.25) is 9.48 Å². The number of hydrogen-bond acceptors (Lipinski definition) is 3. The van der Waals surface area contributed by atoms with Crippen molar-refractivity contribution in [1.82, 2.24) is 15.1 Å². The van der Waals surface area contributed by atoms with Gasteiger partial charge in [0.2, 0.25) is 0 Å². The lowest BCUT2D eigenvalue weighted by molar-refractivity contribution is -0.123. The van der Waals surface area contributed by atoms with E-state index in [2.05, 4.69) is 10.4 Å². The maximum Gasteiger partial charge on any atom is 0.258 e. The highest BCUT2D eigenvalue weighted by atomic mass is 19.1.